The van der Waals surface area contributed by atoms with E-state index < -0.39 is 6.10 Å². The summed E-state index contributed by atoms with van der Waals surface area (Å²) in [7, 11) is 2.07. The molecule has 2 aromatic carbocycles. The number of benzene rings is 2. The van der Waals surface area contributed by atoms with Crippen LogP contribution in [0.1, 0.15) is 47.7 Å². The number of rotatable bonds is 9. The van der Waals surface area contributed by atoms with Crippen LogP contribution in [0.25, 0.3) is 10.9 Å². The standard InChI is InChI=1S/C28H36N4O2S/c1-3-20-18-32-12-13-35-31(2)25-16-21(15-23(20)27(25)32)28(34)30-24(14-19-8-5-4-6-9-19)26(33)17-29-22-10-7-11-22/h4-6,8-9,15-16,18,22,24,26,29,33H,3,7,10-14,17H2,1-2H3,(H,30,34)/t24-,26+/m0/s1. The number of anilines is 1. The van der Waals surface area contributed by atoms with E-state index in [1.807, 2.05) is 42.5 Å². The Kier molecular flexibility index (Phi) is 7.37. The fourth-order valence-corrected chi connectivity index (χ4v) is 5.94. The number of amides is 1. The molecule has 0 bridgehead atoms. The van der Waals surface area contributed by atoms with Crippen LogP contribution < -0.4 is 14.9 Å². The van der Waals surface area contributed by atoms with E-state index in [4.69, 9.17) is 0 Å². The van der Waals surface area contributed by atoms with Crippen molar-refractivity contribution in [2.45, 2.75) is 63.8 Å². The maximum Gasteiger partial charge on any atom is 0.251 e. The number of hydrogen-bond donors (Lipinski definition) is 3. The van der Waals surface area contributed by atoms with Crippen LogP contribution in [-0.4, -0.2) is 53.1 Å². The van der Waals surface area contributed by atoms with Crippen molar-refractivity contribution in [3.8, 4) is 0 Å². The SMILES string of the molecule is CCc1cn2c3c(cc(C(=O)N[C@@H](Cc4ccccc4)[C@H](O)CNC4CCC4)cc13)N(C)SCC2. The molecule has 6 nitrogen and oxygen atoms in total. The van der Waals surface area contributed by atoms with Crippen molar-refractivity contribution in [1.29, 1.82) is 0 Å². The Morgan fingerprint density at radius 3 is 2.74 bits per heavy atom. The fourth-order valence-electron chi connectivity index (χ4n) is 5.11. The zero-order valence-electron chi connectivity index (χ0n) is 20.7. The summed E-state index contributed by atoms with van der Waals surface area (Å²) in [6.07, 6.45) is 6.65. The van der Waals surface area contributed by atoms with Crippen molar-refractivity contribution >= 4 is 34.4 Å². The number of aliphatic hydroxyl groups excluding tert-OH is 1. The molecule has 2 atom stereocenters. The second kappa shape index (κ2) is 10.6. The molecule has 1 amide bonds. The zero-order chi connectivity index (χ0) is 24.4. The summed E-state index contributed by atoms with van der Waals surface area (Å²) < 4.78 is 4.51. The number of nitrogens with zero attached hydrogens (tertiary/aromatic N) is 2. The number of aliphatic hydroxyl groups is 1. The van der Waals surface area contributed by atoms with Gasteiger partial charge in [0.25, 0.3) is 5.91 Å². The second-order valence-electron chi connectivity index (χ2n) is 9.80. The van der Waals surface area contributed by atoms with E-state index in [0.29, 0.717) is 24.6 Å². The van der Waals surface area contributed by atoms with Crippen molar-refractivity contribution in [2.75, 3.05) is 23.7 Å². The van der Waals surface area contributed by atoms with Gasteiger partial charge in [-0.1, -0.05) is 43.7 Å². The van der Waals surface area contributed by atoms with Gasteiger partial charge in [0.2, 0.25) is 0 Å². The van der Waals surface area contributed by atoms with Crippen molar-refractivity contribution in [1.82, 2.24) is 15.2 Å². The van der Waals surface area contributed by atoms with E-state index in [0.717, 1.165) is 48.2 Å². The summed E-state index contributed by atoms with van der Waals surface area (Å²) in [5, 5.41) is 18.9. The lowest BCUT2D eigenvalue weighted by Crippen LogP contribution is -2.51. The second-order valence-corrected chi connectivity index (χ2v) is 11.0. The lowest BCUT2D eigenvalue weighted by atomic mass is 9.92. The van der Waals surface area contributed by atoms with Gasteiger partial charge in [0.15, 0.2) is 0 Å². The Balaban J connectivity index is 1.42. The Morgan fingerprint density at radius 1 is 1.23 bits per heavy atom. The van der Waals surface area contributed by atoms with E-state index in [1.54, 1.807) is 11.9 Å². The molecule has 1 aliphatic carbocycles. The van der Waals surface area contributed by atoms with E-state index in [9.17, 15) is 9.90 Å². The molecule has 1 fully saturated rings. The molecule has 186 valence electrons. The smallest absolute Gasteiger partial charge is 0.251 e. The van der Waals surface area contributed by atoms with Gasteiger partial charge < -0.3 is 24.6 Å². The van der Waals surface area contributed by atoms with Gasteiger partial charge in [-0.2, -0.15) is 0 Å². The van der Waals surface area contributed by atoms with Gasteiger partial charge in [-0.15, -0.1) is 0 Å². The number of carbonyl (C=O) groups is 1. The number of aromatic nitrogens is 1. The molecule has 2 aliphatic rings. The van der Waals surface area contributed by atoms with Crippen LogP contribution >= 0.6 is 11.9 Å². The normalized spacial score (nSPS) is 17.6. The van der Waals surface area contributed by atoms with E-state index in [1.165, 1.54) is 17.5 Å². The topological polar surface area (TPSA) is 69.5 Å². The minimum Gasteiger partial charge on any atom is -0.390 e. The summed E-state index contributed by atoms with van der Waals surface area (Å²) in [6.45, 7) is 3.61. The van der Waals surface area contributed by atoms with Crippen LogP contribution in [0, 0.1) is 0 Å². The van der Waals surface area contributed by atoms with Crippen LogP contribution in [-0.2, 0) is 19.4 Å². The third-order valence-corrected chi connectivity index (χ3v) is 8.38. The summed E-state index contributed by atoms with van der Waals surface area (Å²) in [5.74, 6) is 0.864. The Bertz CT molecular complexity index is 1170. The van der Waals surface area contributed by atoms with Crippen LogP contribution in [0.3, 0.4) is 0 Å². The average molecular weight is 493 g/mol. The molecule has 1 saturated carbocycles. The first-order valence-electron chi connectivity index (χ1n) is 12.8. The third kappa shape index (κ3) is 5.22. The first-order valence-corrected chi connectivity index (χ1v) is 13.8. The summed E-state index contributed by atoms with van der Waals surface area (Å²) >= 11 is 1.78. The van der Waals surface area contributed by atoms with Gasteiger partial charge in [0.1, 0.15) is 0 Å². The zero-order valence-corrected chi connectivity index (χ0v) is 21.5. The van der Waals surface area contributed by atoms with Crippen molar-refractivity contribution in [3.05, 3.63) is 65.4 Å². The lowest BCUT2D eigenvalue weighted by molar-refractivity contribution is 0.0816. The van der Waals surface area contributed by atoms with Crippen LogP contribution in [0.2, 0.25) is 0 Å². The molecule has 35 heavy (non-hydrogen) atoms. The first-order chi connectivity index (χ1) is 17.0. The van der Waals surface area contributed by atoms with Crippen molar-refractivity contribution < 1.29 is 9.90 Å². The maximum absolute atomic E-state index is 13.6. The molecule has 1 aliphatic heterocycles. The summed E-state index contributed by atoms with van der Waals surface area (Å²) in [6, 6.07) is 14.2. The fraction of sp³-hybridized carbons (Fsp3) is 0.464. The van der Waals surface area contributed by atoms with Gasteiger partial charge in [0.05, 0.1) is 23.3 Å². The molecule has 0 unspecified atom stereocenters. The molecule has 3 aromatic rings. The average Bonchev–Trinajstić information content (AvgIpc) is 3.11. The highest BCUT2D eigenvalue weighted by atomic mass is 32.2. The molecule has 3 N–H and O–H groups in total. The van der Waals surface area contributed by atoms with Gasteiger partial charge in [-0.3, -0.25) is 4.79 Å². The predicted molar refractivity (Wildman–Crippen MR) is 145 cm³/mol. The summed E-state index contributed by atoms with van der Waals surface area (Å²) in [4.78, 5) is 13.6. The maximum atomic E-state index is 13.6. The molecule has 1 aromatic heterocycles. The first kappa shape index (κ1) is 24.2. The Hall–Kier alpha value is -2.48. The Labute approximate surface area is 212 Å². The largest absolute Gasteiger partial charge is 0.390 e. The molecule has 0 radical (unpaired) electrons. The number of carbonyl (C=O) groups excluding carboxylic acids is 1. The highest BCUT2D eigenvalue weighted by molar-refractivity contribution is 8.00. The highest BCUT2D eigenvalue weighted by Gasteiger charge is 2.26. The predicted octanol–water partition coefficient (Wildman–Crippen LogP) is 4.15. The van der Waals surface area contributed by atoms with Gasteiger partial charge in [-0.05, 0) is 60.9 Å². The van der Waals surface area contributed by atoms with E-state index in [2.05, 4.69) is 39.7 Å². The summed E-state index contributed by atoms with van der Waals surface area (Å²) in [5.41, 5.74) is 5.29. The number of aryl methyl sites for hydroxylation is 2. The van der Waals surface area contributed by atoms with Crippen LogP contribution in [0.15, 0.2) is 48.7 Å². The molecule has 2 heterocycles. The van der Waals surface area contributed by atoms with Gasteiger partial charge >= 0.3 is 0 Å². The molecule has 7 heteroatoms. The molecular weight excluding hydrogens is 456 g/mol. The minimum absolute atomic E-state index is 0.135. The molecule has 5 rings (SSSR count). The van der Waals surface area contributed by atoms with Crippen LogP contribution in [0.4, 0.5) is 5.69 Å². The van der Waals surface area contributed by atoms with Gasteiger partial charge in [-0.25, -0.2) is 0 Å². The highest BCUT2D eigenvalue weighted by Crippen LogP contribution is 2.37. The van der Waals surface area contributed by atoms with Crippen molar-refractivity contribution in [3.63, 3.8) is 0 Å². The molecular formula is C28H36N4O2S. The van der Waals surface area contributed by atoms with E-state index in [-0.39, 0.29) is 11.9 Å². The monoisotopic (exact) mass is 492 g/mol. The van der Waals surface area contributed by atoms with Gasteiger partial charge in [0, 0.05) is 49.1 Å². The van der Waals surface area contributed by atoms with Crippen molar-refractivity contribution in [2.24, 2.45) is 0 Å². The lowest BCUT2D eigenvalue weighted by Gasteiger charge is -2.30. The molecule has 0 saturated heterocycles. The number of nitrogens with one attached hydrogen (secondary N) is 2. The quantitative estimate of drug-likeness (QED) is 0.392. The Morgan fingerprint density at radius 2 is 2.03 bits per heavy atom. The minimum atomic E-state index is -0.671. The van der Waals surface area contributed by atoms with Crippen LogP contribution in [0.5, 0.6) is 0 Å². The third-order valence-electron chi connectivity index (χ3n) is 7.43. The molecule has 0 spiro atoms. The number of hydrogen-bond acceptors (Lipinski definition) is 5. The van der Waals surface area contributed by atoms with E-state index >= 15 is 0 Å².